The number of ether oxygens (including phenoxy) is 3. The summed E-state index contributed by atoms with van der Waals surface area (Å²) in [4.78, 5) is 2.55. The summed E-state index contributed by atoms with van der Waals surface area (Å²) in [5, 5.41) is 5.01. The summed E-state index contributed by atoms with van der Waals surface area (Å²) in [5.41, 5.74) is 2.85. The third-order valence-electron chi connectivity index (χ3n) is 5.65. The second-order valence-corrected chi connectivity index (χ2v) is 7.15. The van der Waals surface area contributed by atoms with Crippen LogP contribution in [0.1, 0.15) is 24.5 Å². The minimum atomic E-state index is 0.767. The predicted molar refractivity (Wildman–Crippen MR) is 110 cm³/mol. The van der Waals surface area contributed by atoms with Gasteiger partial charge in [-0.3, -0.25) is 4.90 Å². The van der Waals surface area contributed by atoms with Crippen LogP contribution in [-0.2, 0) is 13.0 Å². The maximum atomic E-state index is 5.60. The Morgan fingerprint density at radius 3 is 2.19 bits per heavy atom. The summed E-state index contributed by atoms with van der Waals surface area (Å²) in [6, 6.07) is 10.6. The second-order valence-electron chi connectivity index (χ2n) is 7.15. The van der Waals surface area contributed by atoms with Crippen molar-refractivity contribution in [1.29, 1.82) is 0 Å². The van der Waals surface area contributed by atoms with Crippen LogP contribution in [0.3, 0.4) is 0 Å². The Labute approximate surface area is 160 Å². The van der Waals surface area contributed by atoms with Gasteiger partial charge in [0.15, 0.2) is 11.5 Å². The zero-order valence-electron chi connectivity index (χ0n) is 16.6. The van der Waals surface area contributed by atoms with E-state index in [1.807, 2.05) is 6.07 Å². The highest BCUT2D eigenvalue weighted by molar-refractivity contribution is 6.12. The van der Waals surface area contributed by atoms with Crippen molar-refractivity contribution in [2.45, 2.75) is 26.3 Å². The average Bonchev–Trinajstić information content (AvgIpc) is 2.72. The van der Waals surface area contributed by atoms with Crippen molar-refractivity contribution in [2.24, 2.45) is 0 Å². The number of methoxy groups -OCH3 is 3. The zero-order valence-corrected chi connectivity index (χ0v) is 16.6. The minimum absolute atomic E-state index is 0.767. The molecule has 3 aromatic rings. The Hall–Kier alpha value is -2.46. The molecule has 1 aliphatic heterocycles. The van der Waals surface area contributed by atoms with E-state index in [0.717, 1.165) is 43.3 Å². The highest BCUT2D eigenvalue weighted by atomic mass is 16.5. The molecule has 4 heteroatoms. The first-order valence-electron chi connectivity index (χ1n) is 9.59. The Morgan fingerprint density at radius 2 is 1.52 bits per heavy atom. The molecule has 0 atom stereocenters. The summed E-state index contributed by atoms with van der Waals surface area (Å²) < 4.78 is 16.7. The molecule has 3 aromatic carbocycles. The number of hydrogen-bond acceptors (Lipinski definition) is 4. The molecule has 0 N–H and O–H groups in total. The molecule has 0 unspecified atom stereocenters. The highest BCUT2D eigenvalue weighted by Crippen LogP contribution is 2.42. The summed E-state index contributed by atoms with van der Waals surface area (Å²) in [5.74, 6) is 2.46. The molecular formula is C23H27NO3. The average molecular weight is 365 g/mol. The van der Waals surface area contributed by atoms with Gasteiger partial charge in [0.1, 0.15) is 5.75 Å². The number of nitrogens with zero attached hydrogens (tertiary/aromatic N) is 1. The fraction of sp³-hybridized carbons (Fsp3) is 0.391. The lowest BCUT2D eigenvalue weighted by atomic mass is 9.87. The SMILES string of the molecule is CCCN1CCc2c(c3cc(OC)c(OC)cc3c3ccc(OC)cc23)C1. The van der Waals surface area contributed by atoms with E-state index in [4.69, 9.17) is 14.2 Å². The van der Waals surface area contributed by atoms with Crippen LogP contribution in [0, 0.1) is 0 Å². The lowest BCUT2D eigenvalue weighted by Gasteiger charge is -2.31. The molecule has 0 aliphatic carbocycles. The standard InChI is InChI=1S/C23H27NO3/c1-5-9-24-10-8-17-18-11-15(25-2)6-7-16(18)19-12-22(26-3)23(27-4)13-20(19)21(17)14-24/h6-7,11-13H,5,8-10,14H2,1-4H3. The molecule has 4 nitrogen and oxygen atoms in total. The molecule has 0 amide bonds. The van der Waals surface area contributed by atoms with Crippen LogP contribution >= 0.6 is 0 Å². The third kappa shape index (κ3) is 2.98. The Morgan fingerprint density at radius 1 is 0.815 bits per heavy atom. The molecule has 0 saturated carbocycles. The topological polar surface area (TPSA) is 30.9 Å². The van der Waals surface area contributed by atoms with Gasteiger partial charge in [0.25, 0.3) is 0 Å². The van der Waals surface area contributed by atoms with Crippen molar-refractivity contribution >= 4 is 21.5 Å². The number of hydrogen-bond donors (Lipinski definition) is 0. The molecule has 0 bridgehead atoms. The quantitative estimate of drug-likeness (QED) is 0.609. The Bertz CT molecular complexity index is 996. The van der Waals surface area contributed by atoms with Gasteiger partial charge in [0, 0.05) is 13.1 Å². The maximum Gasteiger partial charge on any atom is 0.161 e. The zero-order chi connectivity index (χ0) is 19.0. The number of fused-ring (bicyclic) bond motifs is 6. The molecule has 142 valence electrons. The molecule has 1 heterocycles. The predicted octanol–water partition coefficient (Wildman–Crippen LogP) is 4.79. The van der Waals surface area contributed by atoms with Crippen LogP contribution in [0.2, 0.25) is 0 Å². The van der Waals surface area contributed by atoms with Crippen LogP contribution < -0.4 is 14.2 Å². The summed E-state index contributed by atoms with van der Waals surface area (Å²) in [6.07, 6.45) is 2.23. The van der Waals surface area contributed by atoms with E-state index in [0.29, 0.717) is 0 Å². The molecule has 1 aliphatic rings. The van der Waals surface area contributed by atoms with Crippen molar-refractivity contribution in [3.63, 3.8) is 0 Å². The third-order valence-corrected chi connectivity index (χ3v) is 5.65. The van der Waals surface area contributed by atoms with E-state index in [1.54, 1.807) is 21.3 Å². The Kier molecular flexibility index (Phi) is 4.83. The summed E-state index contributed by atoms with van der Waals surface area (Å²) in [7, 11) is 5.12. The van der Waals surface area contributed by atoms with Gasteiger partial charge in [0.05, 0.1) is 21.3 Å². The fourth-order valence-electron chi connectivity index (χ4n) is 4.36. The van der Waals surface area contributed by atoms with Crippen molar-refractivity contribution in [1.82, 2.24) is 4.90 Å². The fourth-order valence-corrected chi connectivity index (χ4v) is 4.36. The van der Waals surface area contributed by atoms with Crippen LogP contribution in [0.4, 0.5) is 0 Å². The first-order chi connectivity index (χ1) is 13.2. The molecule has 0 aromatic heterocycles. The molecule has 27 heavy (non-hydrogen) atoms. The van der Waals surface area contributed by atoms with Gasteiger partial charge in [-0.1, -0.05) is 13.0 Å². The smallest absolute Gasteiger partial charge is 0.161 e. The largest absolute Gasteiger partial charge is 0.497 e. The van der Waals surface area contributed by atoms with Gasteiger partial charge in [-0.05, 0) is 76.3 Å². The molecule has 0 saturated heterocycles. The summed E-state index contributed by atoms with van der Waals surface area (Å²) in [6.45, 7) is 5.45. The lowest BCUT2D eigenvalue weighted by molar-refractivity contribution is 0.256. The summed E-state index contributed by atoms with van der Waals surface area (Å²) >= 11 is 0. The first-order valence-corrected chi connectivity index (χ1v) is 9.59. The molecule has 0 fully saturated rings. The van der Waals surface area contributed by atoms with Crippen LogP contribution in [0.5, 0.6) is 17.2 Å². The lowest BCUT2D eigenvalue weighted by Crippen LogP contribution is -2.31. The van der Waals surface area contributed by atoms with E-state index >= 15 is 0 Å². The van der Waals surface area contributed by atoms with E-state index in [1.165, 1.54) is 39.1 Å². The van der Waals surface area contributed by atoms with Gasteiger partial charge in [0.2, 0.25) is 0 Å². The van der Waals surface area contributed by atoms with Gasteiger partial charge >= 0.3 is 0 Å². The molecule has 4 rings (SSSR count). The molecular weight excluding hydrogens is 338 g/mol. The monoisotopic (exact) mass is 365 g/mol. The van der Waals surface area contributed by atoms with Crippen molar-refractivity contribution in [2.75, 3.05) is 34.4 Å². The molecule has 0 radical (unpaired) electrons. The first kappa shape index (κ1) is 17.9. The van der Waals surface area contributed by atoms with E-state index in [2.05, 4.69) is 36.1 Å². The Balaban J connectivity index is 2.06. The second kappa shape index (κ2) is 7.28. The van der Waals surface area contributed by atoms with Crippen LogP contribution in [-0.4, -0.2) is 39.3 Å². The van der Waals surface area contributed by atoms with Gasteiger partial charge in [-0.15, -0.1) is 0 Å². The normalized spacial score (nSPS) is 14.4. The minimum Gasteiger partial charge on any atom is -0.497 e. The van der Waals surface area contributed by atoms with Gasteiger partial charge < -0.3 is 14.2 Å². The number of benzene rings is 3. The molecule has 0 spiro atoms. The van der Waals surface area contributed by atoms with Crippen LogP contribution in [0.25, 0.3) is 21.5 Å². The maximum absolute atomic E-state index is 5.60. The highest BCUT2D eigenvalue weighted by Gasteiger charge is 2.23. The van der Waals surface area contributed by atoms with Crippen molar-refractivity contribution in [3.8, 4) is 17.2 Å². The number of rotatable bonds is 5. The van der Waals surface area contributed by atoms with Gasteiger partial charge in [-0.2, -0.15) is 0 Å². The van der Waals surface area contributed by atoms with E-state index < -0.39 is 0 Å². The van der Waals surface area contributed by atoms with Gasteiger partial charge in [-0.25, -0.2) is 0 Å². The van der Waals surface area contributed by atoms with E-state index in [9.17, 15) is 0 Å². The van der Waals surface area contributed by atoms with Crippen molar-refractivity contribution in [3.05, 3.63) is 41.5 Å². The van der Waals surface area contributed by atoms with Crippen molar-refractivity contribution < 1.29 is 14.2 Å². The van der Waals surface area contributed by atoms with E-state index in [-0.39, 0.29) is 0 Å². The van der Waals surface area contributed by atoms with Crippen LogP contribution in [0.15, 0.2) is 30.3 Å².